The van der Waals surface area contributed by atoms with Crippen molar-refractivity contribution in [3.8, 4) is 5.40 Å². The van der Waals surface area contributed by atoms with Crippen molar-refractivity contribution >= 4 is 15.9 Å². The molecule has 2 nitrogen and oxygen atoms in total. The summed E-state index contributed by atoms with van der Waals surface area (Å²) >= 11 is 0. The van der Waals surface area contributed by atoms with Gasteiger partial charge in [0.1, 0.15) is 5.40 Å². The van der Waals surface area contributed by atoms with Crippen LogP contribution in [0.3, 0.4) is 0 Å². The fourth-order valence-electron chi connectivity index (χ4n) is 1.92. The molecule has 0 radical (unpaired) electrons. The molecule has 0 aliphatic carbocycles. The summed E-state index contributed by atoms with van der Waals surface area (Å²) in [6.07, 6.45) is 1.93. The van der Waals surface area contributed by atoms with E-state index in [1.165, 1.54) is 11.1 Å². The number of hydrogen-bond donors (Lipinski definition) is 1. The Morgan fingerprint density at radius 2 is 1.82 bits per heavy atom. The second kappa shape index (κ2) is 6.07. The summed E-state index contributed by atoms with van der Waals surface area (Å²) < 4.78 is 0. The molecule has 1 rings (SSSR count). The van der Waals surface area contributed by atoms with Crippen LogP contribution >= 0.6 is 10.5 Å². The normalized spacial score (nSPS) is 20.3. The van der Waals surface area contributed by atoms with Crippen molar-refractivity contribution in [3.05, 3.63) is 22.3 Å². The lowest BCUT2D eigenvalue weighted by molar-refractivity contribution is 0.635. The first-order chi connectivity index (χ1) is 7.93. The van der Waals surface area contributed by atoms with E-state index in [1.807, 2.05) is 10.8 Å². The van der Waals surface area contributed by atoms with Gasteiger partial charge in [-0.15, -0.1) is 0 Å². The minimum absolute atomic E-state index is 0.385. The van der Waals surface area contributed by atoms with E-state index in [4.69, 9.17) is 11.0 Å². The molecule has 2 N–H and O–H groups in total. The number of nitriles is 1. The molecule has 0 bridgehead atoms. The zero-order chi connectivity index (χ0) is 13.0. The Kier molecular flexibility index (Phi) is 5.02. The number of nitrogens with two attached hydrogens (primary N) is 1. The summed E-state index contributed by atoms with van der Waals surface area (Å²) in [4.78, 5) is 0. The maximum absolute atomic E-state index is 9.10. The first-order valence-electron chi connectivity index (χ1n) is 6.10. The van der Waals surface area contributed by atoms with Crippen LogP contribution in [0.1, 0.15) is 40.5 Å². The molecule has 0 amide bonds. The molecule has 0 aromatic rings. The van der Waals surface area contributed by atoms with Gasteiger partial charge in [0.05, 0.1) is 0 Å². The number of rotatable bonds is 4. The van der Waals surface area contributed by atoms with E-state index in [1.54, 1.807) is 0 Å². The minimum Gasteiger partial charge on any atom is -0.398 e. The summed E-state index contributed by atoms with van der Waals surface area (Å²) in [6, 6.07) is 0. The third-order valence-electron chi connectivity index (χ3n) is 2.59. The van der Waals surface area contributed by atoms with Crippen LogP contribution in [0, 0.1) is 22.5 Å². The molecular weight excluding hydrogens is 228 g/mol. The Bertz CT molecular complexity index is 420. The van der Waals surface area contributed by atoms with Crippen molar-refractivity contribution in [2.75, 3.05) is 0 Å². The average molecular weight is 250 g/mol. The van der Waals surface area contributed by atoms with Gasteiger partial charge in [-0.2, -0.15) is 5.26 Å². The van der Waals surface area contributed by atoms with E-state index < -0.39 is 0 Å². The highest BCUT2D eigenvalue weighted by Gasteiger charge is 2.15. The summed E-state index contributed by atoms with van der Waals surface area (Å²) in [7, 11) is -0.385. The van der Waals surface area contributed by atoms with E-state index in [0.29, 0.717) is 11.8 Å². The molecule has 1 aliphatic rings. The van der Waals surface area contributed by atoms with Crippen molar-refractivity contribution in [1.29, 1.82) is 5.26 Å². The molecular formula is C14H22N2S. The first-order valence-corrected chi connectivity index (χ1v) is 7.45. The van der Waals surface area contributed by atoms with Crippen LogP contribution in [0.25, 0.3) is 0 Å². The van der Waals surface area contributed by atoms with Gasteiger partial charge in [-0.05, 0) is 46.6 Å². The van der Waals surface area contributed by atoms with Crippen molar-refractivity contribution in [3.63, 3.8) is 0 Å². The van der Waals surface area contributed by atoms with E-state index in [2.05, 4.69) is 33.1 Å². The number of nitrogens with zero attached hydrogens (tertiary/aromatic N) is 1. The highest BCUT2D eigenvalue weighted by atomic mass is 32.2. The van der Waals surface area contributed by atoms with Crippen LogP contribution in [-0.4, -0.2) is 5.37 Å². The van der Waals surface area contributed by atoms with Gasteiger partial charge in [-0.3, -0.25) is 0 Å². The molecule has 1 heterocycles. The largest absolute Gasteiger partial charge is 0.398 e. The summed E-state index contributed by atoms with van der Waals surface area (Å²) in [5.74, 6) is 1.14. The van der Waals surface area contributed by atoms with Crippen LogP contribution < -0.4 is 5.73 Å². The van der Waals surface area contributed by atoms with Gasteiger partial charge in [0.25, 0.3) is 0 Å². The molecule has 1 unspecified atom stereocenters. The third-order valence-corrected chi connectivity index (χ3v) is 3.88. The standard InChI is InChI=1S/C14H22N2S/c1-10(2)5-12-7-17(9-15)8-13(14(12)16)6-11(3)4/h7-8,10-11H,5-6,16H2,1-4H3. The molecule has 0 saturated carbocycles. The van der Waals surface area contributed by atoms with Crippen LogP contribution in [0.4, 0.5) is 0 Å². The number of thiocyanates is 1. The summed E-state index contributed by atoms with van der Waals surface area (Å²) in [5, 5.41) is 15.5. The molecule has 0 spiro atoms. The molecule has 94 valence electrons. The van der Waals surface area contributed by atoms with Crippen LogP contribution in [-0.2, 0) is 0 Å². The zero-order valence-electron chi connectivity index (χ0n) is 11.2. The Morgan fingerprint density at radius 3 is 2.29 bits per heavy atom. The highest BCUT2D eigenvalue weighted by molar-refractivity contribution is 8.21. The monoisotopic (exact) mass is 250 g/mol. The Labute approximate surface area is 107 Å². The lowest BCUT2D eigenvalue weighted by atomic mass is 9.95. The molecule has 1 atom stereocenters. The van der Waals surface area contributed by atoms with Crippen LogP contribution in [0.2, 0.25) is 0 Å². The predicted octanol–water partition coefficient (Wildman–Crippen LogP) is 3.74. The van der Waals surface area contributed by atoms with E-state index >= 15 is 0 Å². The highest BCUT2D eigenvalue weighted by Crippen LogP contribution is 2.31. The molecule has 17 heavy (non-hydrogen) atoms. The van der Waals surface area contributed by atoms with Crippen LogP contribution in [0.15, 0.2) is 22.3 Å². The first kappa shape index (κ1) is 14.1. The van der Waals surface area contributed by atoms with Crippen molar-refractivity contribution < 1.29 is 0 Å². The molecule has 0 saturated heterocycles. The van der Waals surface area contributed by atoms with Crippen LogP contribution in [0.5, 0.6) is 0 Å². The van der Waals surface area contributed by atoms with Gasteiger partial charge >= 0.3 is 0 Å². The minimum atomic E-state index is -0.385. The quantitative estimate of drug-likeness (QED) is 0.610. The van der Waals surface area contributed by atoms with Crippen molar-refractivity contribution in [1.82, 2.24) is 0 Å². The SMILES string of the molecule is CC(C)CC1=CS(C#N)=CC(CC(C)C)=C1N. The second-order valence-corrected chi connectivity index (χ2v) is 6.76. The molecule has 0 aromatic heterocycles. The van der Waals surface area contributed by atoms with Gasteiger partial charge in [-0.25, -0.2) is 0 Å². The summed E-state index contributed by atoms with van der Waals surface area (Å²) in [5.41, 5.74) is 9.46. The topological polar surface area (TPSA) is 49.8 Å². The van der Waals surface area contributed by atoms with E-state index in [9.17, 15) is 0 Å². The maximum Gasteiger partial charge on any atom is 0.131 e. The fourth-order valence-corrected chi connectivity index (χ4v) is 3.16. The van der Waals surface area contributed by atoms with Gasteiger partial charge in [0.2, 0.25) is 0 Å². The smallest absolute Gasteiger partial charge is 0.131 e. The van der Waals surface area contributed by atoms with Crippen molar-refractivity contribution in [2.24, 2.45) is 17.6 Å². The zero-order valence-corrected chi connectivity index (χ0v) is 12.0. The molecule has 1 aliphatic heterocycles. The van der Waals surface area contributed by atoms with Gasteiger partial charge < -0.3 is 5.73 Å². The fraction of sp³-hybridized carbons (Fsp3) is 0.571. The van der Waals surface area contributed by atoms with E-state index in [-0.39, 0.29) is 10.5 Å². The van der Waals surface area contributed by atoms with Gasteiger partial charge in [-0.1, -0.05) is 38.2 Å². The molecule has 3 heteroatoms. The number of allylic oxidation sites excluding steroid dienone is 2. The average Bonchev–Trinajstić information content (AvgIpc) is 2.22. The molecule has 0 fully saturated rings. The van der Waals surface area contributed by atoms with Crippen molar-refractivity contribution in [2.45, 2.75) is 40.5 Å². The lowest BCUT2D eigenvalue weighted by Gasteiger charge is -2.19. The Hall–Kier alpha value is -1.01. The third kappa shape index (κ3) is 4.05. The summed E-state index contributed by atoms with van der Waals surface area (Å²) in [6.45, 7) is 8.72. The van der Waals surface area contributed by atoms with Gasteiger partial charge in [0.15, 0.2) is 0 Å². The predicted molar refractivity (Wildman–Crippen MR) is 77.5 cm³/mol. The van der Waals surface area contributed by atoms with E-state index in [0.717, 1.165) is 18.5 Å². The second-order valence-electron chi connectivity index (χ2n) is 5.36. The molecule has 0 aromatic carbocycles. The maximum atomic E-state index is 9.10. The Balaban J connectivity index is 3.06. The Morgan fingerprint density at radius 1 is 1.24 bits per heavy atom. The number of hydrogen-bond acceptors (Lipinski definition) is 2. The lowest BCUT2D eigenvalue weighted by Crippen LogP contribution is -2.12. The van der Waals surface area contributed by atoms with Gasteiger partial charge in [0, 0.05) is 5.70 Å².